The smallest absolute Gasteiger partial charge is 0.239 e. The van der Waals surface area contributed by atoms with Gasteiger partial charge in [0.25, 0.3) is 0 Å². The Morgan fingerprint density at radius 1 is 1.14 bits per heavy atom. The first-order valence-electron chi connectivity index (χ1n) is 7.87. The van der Waals surface area contributed by atoms with E-state index in [2.05, 4.69) is 43.0 Å². The van der Waals surface area contributed by atoms with Crippen molar-refractivity contribution in [3.63, 3.8) is 0 Å². The SMILES string of the molecule is CC(C)CC(N)C(=O)N1CCN(Cc2ccccc2)CC1. The summed E-state index contributed by atoms with van der Waals surface area (Å²) in [6, 6.07) is 10.1. The molecular formula is C17H27N3O. The van der Waals surface area contributed by atoms with Crippen molar-refractivity contribution in [2.24, 2.45) is 11.7 Å². The van der Waals surface area contributed by atoms with Crippen LogP contribution in [0, 0.1) is 5.92 Å². The maximum Gasteiger partial charge on any atom is 0.239 e. The highest BCUT2D eigenvalue weighted by molar-refractivity contribution is 5.81. The Morgan fingerprint density at radius 3 is 2.33 bits per heavy atom. The zero-order chi connectivity index (χ0) is 15.2. The van der Waals surface area contributed by atoms with Crippen molar-refractivity contribution in [3.05, 3.63) is 35.9 Å². The number of nitrogens with two attached hydrogens (primary N) is 1. The van der Waals surface area contributed by atoms with Gasteiger partial charge in [0, 0.05) is 32.7 Å². The highest BCUT2D eigenvalue weighted by atomic mass is 16.2. The van der Waals surface area contributed by atoms with Crippen LogP contribution in [0.1, 0.15) is 25.8 Å². The Labute approximate surface area is 127 Å². The number of benzene rings is 1. The quantitative estimate of drug-likeness (QED) is 0.897. The molecule has 116 valence electrons. The van der Waals surface area contributed by atoms with E-state index in [1.807, 2.05) is 11.0 Å². The molecule has 4 nitrogen and oxygen atoms in total. The monoisotopic (exact) mass is 289 g/mol. The predicted octanol–water partition coefficient (Wildman–Crippen LogP) is 1.70. The Balaban J connectivity index is 1.79. The van der Waals surface area contributed by atoms with Crippen LogP contribution in [0.25, 0.3) is 0 Å². The third kappa shape index (κ3) is 4.83. The average Bonchev–Trinajstić information content (AvgIpc) is 2.47. The molecule has 1 unspecified atom stereocenters. The molecule has 1 fully saturated rings. The molecule has 1 atom stereocenters. The Morgan fingerprint density at radius 2 is 1.76 bits per heavy atom. The second kappa shape index (κ2) is 7.57. The van der Waals surface area contributed by atoms with Gasteiger partial charge < -0.3 is 10.6 Å². The first-order chi connectivity index (χ1) is 10.1. The fourth-order valence-corrected chi connectivity index (χ4v) is 2.81. The van der Waals surface area contributed by atoms with Gasteiger partial charge in [-0.25, -0.2) is 0 Å². The number of hydrogen-bond donors (Lipinski definition) is 1. The van der Waals surface area contributed by atoms with E-state index in [1.165, 1.54) is 5.56 Å². The Bertz CT molecular complexity index is 439. The number of amides is 1. The molecule has 0 aromatic heterocycles. The van der Waals surface area contributed by atoms with Gasteiger partial charge in [0.15, 0.2) is 0 Å². The molecule has 21 heavy (non-hydrogen) atoms. The number of carbonyl (C=O) groups is 1. The predicted molar refractivity (Wildman–Crippen MR) is 85.7 cm³/mol. The van der Waals surface area contributed by atoms with Crippen molar-refractivity contribution in [1.82, 2.24) is 9.80 Å². The van der Waals surface area contributed by atoms with Gasteiger partial charge in [-0.1, -0.05) is 44.2 Å². The van der Waals surface area contributed by atoms with Gasteiger partial charge in [0.1, 0.15) is 0 Å². The van der Waals surface area contributed by atoms with Gasteiger partial charge in [-0.2, -0.15) is 0 Å². The Kier molecular flexibility index (Phi) is 5.76. The molecule has 1 aromatic rings. The molecule has 2 rings (SSSR count). The van der Waals surface area contributed by atoms with E-state index in [0.29, 0.717) is 5.92 Å². The zero-order valence-corrected chi connectivity index (χ0v) is 13.2. The van der Waals surface area contributed by atoms with Crippen LogP contribution in [0.5, 0.6) is 0 Å². The van der Waals surface area contributed by atoms with Crippen LogP contribution in [0.2, 0.25) is 0 Å². The van der Waals surface area contributed by atoms with E-state index in [-0.39, 0.29) is 11.9 Å². The molecule has 1 saturated heterocycles. The molecule has 0 saturated carbocycles. The summed E-state index contributed by atoms with van der Waals surface area (Å²) >= 11 is 0. The molecule has 1 aliphatic rings. The fourth-order valence-electron chi connectivity index (χ4n) is 2.81. The average molecular weight is 289 g/mol. The summed E-state index contributed by atoms with van der Waals surface area (Å²) in [7, 11) is 0. The highest BCUT2D eigenvalue weighted by Gasteiger charge is 2.25. The molecule has 1 amide bonds. The van der Waals surface area contributed by atoms with Gasteiger partial charge in [-0.15, -0.1) is 0 Å². The van der Waals surface area contributed by atoms with Crippen LogP contribution >= 0.6 is 0 Å². The number of hydrogen-bond acceptors (Lipinski definition) is 3. The lowest BCUT2D eigenvalue weighted by molar-refractivity contribution is -0.134. The summed E-state index contributed by atoms with van der Waals surface area (Å²) in [6.45, 7) is 8.59. The van der Waals surface area contributed by atoms with Crippen molar-refractivity contribution in [2.75, 3.05) is 26.2 Å². The van der Waals surface area contributed by atoms with Crippen LogP contribution in [0.3, 0.4) is 0 Å². The van der Waals surface area contributed by atoms with E-state index in [9.17, 15) is 4.79 Å². The standard InChI is InChI=1S/C17H27N3O/c1-14(2)12-16(18)17(21)20-10-8-19(9-11-20)13-15-6-4-3-5-7-15/h3-7,14,16H,8-13,18H2,1-2H3. The first-order valence-corrected chi connectivity index (χ1v) is 7.87. The third-order valence-corrected chi connectivity index (χ3v) is 3.98. The zero-order valence-electron chi connectivity index (χ0n) is 13.2. The van der Waals surface area contributed by atoms with Crippen molar-refractivity contribution in [3.8, 4) is 0 Å². The van der Waals surface area contributed by atoms with E-state index in [4.69, 9.17) is 5.73 Å². The van der Waals surface area contributed by atoms with Crippen molar-refractivity contribution in [1.29, 1.82) is 0 Å². The maximum atomic E-state index is 12.3. The van der Waals surface area contributed by atoms with E-state index < -0.39 is 0 Å². The van der Waals surface area contributed by atoms with E-state index in [1.54, 1.807) is 0 Å². The van der Waals surface area contributed by atoms with Gasteiger partial charge >= 0.3 is 0 Å². The molecule has 0 spiro atoms. The first kappa shape index (κ1) is 16.0. The van der Waals surface area contributed by atoms with Crippen LogP contribution in [-0.2, 0) is 11.3 Å². The molecule has 0 radical (unpaired) electrons. The number of piperazine rings is 1. The molecular weight excluding hydrogens is 262 g/mol. The minimum absolute atomic E-state index is 0.114. The topological polar surface area (TPSA) is 49.6 Å². The number of rotatable bonds is 5. The van der Waals surface area contributed by atoms with Crippen LogP contribution in [0.15, 0.2) is 30.3 Å². The van der Waals surface area contributed by atoms with Gasteiger partial charge in [0.05, 0.1) is 6.04 Å². The summed E-state index contributed by atoms with van der Waals surface area (Å²) in [5.41, 5.74) is 7.33. The van der Waals surface area contributed by atoms with Gasteiger partial charge in [-0.3, -0.25) is 9.69 Å². The summed E-state index contributed by atoms with van der Waals surface area (Å²) in [6.07, 6.45) is 0.767. The van der Waals surface area contributed by atoms with Crippen molar-refractivity contribution < 1.29 is 4.79 Å². The molecule has 2 N–H and O–H groups in total. The summed E-state index contributed by atoms with van der Waals surface area (Å²) < 4.78 is 0. The summed E-state index contributed by atoms with van der Waals surface area (Å²) in [5, 5.41) is 0. The third-order valence-electron chi connectivity index (χ3n) is 3.98. The molecule has 1 aromatic carbocycles. The largest absolute Gasteiger partial charge is 0.339 e. The lowest BCUT2D eigenvalue weighted by Gasteiger charge is -2.36. The second-order valence-electron chi connectivity index (χ2n) is 6.32. The molecule has 0 aliphatic carbocycles. The number of nitrogens with zero attached hydrogens (tertiary/aromatic N) is 2. The minimum Gasteiger partial charge on any atom is -0.339 e. The normalized spacial score (nSPS) is 18.0. The molecule has 4 heteroatoms. The van der Waals surface area contributed by atoms with E-state index in [0.717, 1.165) is 39.1 Å². The van der Waals surface area contributed by atoms with Gasteiger partial charge in [0.2, 0.25) is 5.91 Å². The van der Waals surface area contributed by atoms with Crippen molar-refractivity contribution >= 4 is 5.91 Å². The minimum atomic E-state index is -0.342. The van der Waals surface area contributed by atoms with Crippen LogP contribution < -0.4 is 5.73 Å². The van der Waals surface area contributed by atoms with Crippen LogP contribution in [-0.4, -0.2) is 47.9 Å². The fraction of sp³-hybridized carbons (Fsp3) is 0.588. The molecule has 0 bridgehead atoms. The van der Waals surface area contributed by atoms with Gasteiger partial charge in [-0.05, 0) is 17.9 Å². The Hall–Kier alpha value is -1.39. The number of carbonyl (C=O) groups excluding carboxylic acids is 1. The summed E-state index contributed by atoms with van der Waals surface area (Å²) in [5.74, 6) is 0.575. The second-order valence-corrected chi connectivity index (χ2v) is 6.32. The maximum absolute atomic E-state index is 12.3. The lowest BCUT2D eigenvalue weighted by atomic mass is 10.0. The van der Waals surface area contributed by atoms with Crippen LogP contribution in [0.4, 0.5) is 0 Å². The summed E-state index contributed by atoms with van der Waals surface area (Å²) in [4.78, 5) is 16.6. The van der Waals surface area contributed by atoms with E-state index >= 15 is 0 Å². The van der Waals surface area contributed by atoms with Crippen molar-refractivity contribution in [2.45, 2.75) is 32.9 Å². The highest BCUT2D eigenvalue weighted by Crippen LogP contribution is 2.11. The lowest BCUT2D eigenvalue weighted by Crippen LogP contribution is -2.53. The molecule has 1 aliphatic heterocycles. The molecule has 1 heterocycles.